The van der Waals surface area contributed by atoms with E-state index in [1.807, 2.05) is 13.0 Å². The van der Waals surface area contributed by atoms with E-state index in [0.29, 0.717) is 40.1 Å². The van der Waals surface area contributed by atoms with Gasteiger partial charge in [0.05, 0.1) is 32.5 Å². The number of aromatic nitrogens is 3. The monoisotopic (exact) mass is 631 g/mol. The summed E-state index contributed by atoms with van der Waals surface area (Å²) in [5, 5.41) is 21.1. The van der Waals surface area contributed by atoms with E-state index >= 15 is 0 Å². The Bertz CT molecular complexity index is 1950. The van der Waals surface area contributed by atoms with Crippen LogP contribution in [-0.2, 0) is 12.1 Å². The zero-order valence-electron chi connectivity index (χ0n) is 26.6. The van der Waals surface area contributed by atoms with Crippen molar-refractivity contribution in [3.05, 3.63) is 94.2 Å². The molecule has 5 rings (SSSR count). The molecule has 2 heterocycles. The van der Waals surface area contributed by atoms with Crippen LogP contribution < -0.4 is 24.8 Å². The number of halogens is 2. The first-order chi connectivity index (χ1) is 21.8. The first-order valence-electron chi connectivity index (χ1n) is 14.4. The number of fused-ring (bicyclic) bond motifs is 1. The molecule has 0 aliphatic carbocycles. The number of rotatable bonds is 10. The molecule has 3 N–H and O–H groups in total. The quantitative estimate of drug-likeness (QED) is 0.166. The average Bonchev–Trinajstić information content (AvgIpc) is 3.43. The predicted molar refractivity (Wildman–Crippen MR) is 170 cm³/mol. The highest BCUT2D eigenvalue weighted by molar-refractivity contribution is 5.97. The highest BCUT2D eigenvalue weighted by Gasteiger charge is 2.26. The number of benzene rings is 3. The molecule has 0 saturated heterocycles. The van der Waals surface area contributed by atoms with Gasteiger partial charge in [-0.2, -0.15) is 4.98 Å². The standard InChI is InChI=1S/C34H35F2N5O5/c1-18-12-22(26(36)15-25(18)35)16-37-32(42)23-10-8-20(13-27(23)44-5)21-9-11-29-38-33(40-41(29)17-21)39-30-28(45-6)14-24(34(3,4)43)19(2)31(30)46-7/h8-15,17,43H,16H2,1-7H3,(H,37,42)(H,39,40). The van der Waals surface area contributed by atoms with Gasteiger partial charge in [-0.1, -0.05) is 6.07 Å². The molecule has 0 unspecified atom stereocenters. The molecule has 2 aromatic heterocycles. The number of pyridine rings is 1. The molecule has 0 bridgehead atoms. The van der Waals surface area contributed by atoms with E-state index in [2.05, 4.69) is 20.7 Å². The zero-order valence-corrected chi connectivity index (χ0v) is 26.6. The van der Waals surface area contributed by atoms with E-state index in [-0.39, 0.29) is 23.2 Å². The summed E-state index contributed by atoms with van der Waals surface area (Å²) in [6.45, 7) is 6.66. The van der Waals surface area contributed by atoms with E-state index < -0.39 is 23.1 Å². The van der Waals surface area contributed by atoms with Crippen molar-refractivity contribution < 1.29 is 32.9 Å². The zero-order chi connectivity index (χ0) is 33.3. The maximum atomic E-state index is 14.2. The number of aliphatic hydroxyl groups is 1. The van der Waals surface area contributed by atoms with E-state index in [0.717, 1.165) is 22.8 Å². The average molecular weight is 632 g/mol. The van der Waals surface area contributed by atoms with Gasteiger partial charge in [-0.05, 0) is 86.3 Å². The third-order valence-corrected chi connectivity index (χ3v) is 7.69. The molecular weight excluding hydrogens is 596 g/mol. The second kappa shape index (κ2) is 12.6. The van der Waals surface area contributed by atoms with Crippen molar-refractivity contribution in [2.45, 2.75) is 39.8 Å². The topological polar surface area (TPSA) is 119 Å². The van der Waals surface area contributed by atoms with E-state index in [1.165, 1.54) is 27.2 Å². The summed E-state index contributed by atoms with van der Waals surface area (Å²) in [4.78, 5) is 17.6. The van der Waals surface area contributed by atoms with Crippen LogP contribution in [0.3, 0.4) is 0 Å². The molecule has 1 amide bonds. The van der Waals surface area contributed by atoms with Gasteiger partial charge in [0.25, 0.3) is 5.91 Å². The summed E-state index contributed by atoms with van der Waals surface area (Å²) in [6, 6.07) is 12.7. The molecule has 0 atom stereocenters. The van der Waals surface area contributed by atoms with Gasteiger partial charge in [-0.15, -0.1) is 5.10 Å². The third kappa shape index (κ3) is 6.29. The molecule has 5 aromatic rings. The Balaban J connectivity index is 1.40. The summed E-state index contributed by atoms with van der Waals surface area (Å²) in [7, 11) is 4.53. The second-order valence-corrected chi connectivity index (χ2v) is 11.3. The normalized spacial score (nSPS) is 11.4. The Morgan fingerprint density at radius 1 is 0.935 bits per heavy atom. The van der Waals surface area contributed by atoms with Gasteiger partial charge in [0.2, 0.25) is 5.95 Å². The number of ether oxygens (including phenoxy) is 3. The van der Waals surface area contributed by atoms with Gasteiger partial charge in [0, 0.05) is 29.9 Å². The smallest absolute Gasteiger partial charge is 0.255 e. The fourth-order valence-electron chi connectivity index (χ4n) is 5.30. The second-order valence-electron chi connectivity index (χ2n) is 11.3. The van der Waals surface area contributed by atoms with Crippen LogP contribution in [0.2, 0.25) is 0 Å². The van der Waals surface area contributed by atoms with Crippen LogP contribution in [0.15, 0.2) is 54.7 Å². The van der Waals surface area contributed by atoms with E-state index in [9.17, 15) is 18.7 Å². The largest absolute Gasteiger partial charge is 0.496 e. The number of aryl methyl sites for hydroxylation is 1. The summed E-state index contributed by atoms with van der Waals surface area (Å²) in [6.07, 6.45) is 1.79. The molecule has 3 aromatic carbocycles. The summed E-state index contributed by atoms with van der Waals surface area (Å²) in [5.41, 5.74) is 3.62. The molecule has 0 spiro atoms. The molecule has 0 fully saturated rings. The number of carbonyl (C=O) groups is 1. The van der Waals surface area contributed by atoms with Crippen LogP contribution in [0.1, 0.15) is 46.5 Å². The summed E-state index contributed by atoms with van der Waals surface area (Å²) < 4.78 is 46.2. The van der Waals surface area contributed by atoms with Crippen LogP contribution in [0.5, 0.6) is 17.2 Å². The molecule has 10 nitrogen and oxygen atoms in total. The Kier molecular flexibility index (Phi) is 8.84. The van der Waals surface area contributed by atoms with Crippen LogP contribution in [-0.4, -0.2) is 46.9 Å². The maximum Gasteiger partial charge on any atom is 0.255 e. The lowest BCUT2D eigenvalue weighted by Crippen LogP contribution is -2.24. The van der Waals surface area contributed by atoms with Gasteiger partial charge < -0.3 is 30.0 Å². The highest BCUT2D eigenvalue weighted by atomic mass is 19.1. The number of nitrogens with zero attached hydrogens (tertiary/aromatic N) is 3. The molecule has 0 radical (unpaired) electrons. The SMILES string of the molecule is COc1cc(-c2ccc3nc(Nc4c(OC)cc(C(C)(C)O)c(C)c4OC)nn3c2)ccc1C(=O)NCc1cc(C)c(F)cc1F. The van der Waals surface area contributed by atoms with E-state index in [1.54, 1.807) is 62.0 Å². The van der Waals surface area contributed by atoms with Crippen molar-refractivity contribution in [1.82, 2.24) is 19.9 Å². The third-order valence-electron chi connectivity index (χ3n) is 7.69. The molecule has 240 valence electrons. The van der Waals surface area contributed by atoms with Crippen molar-refractivity contribution in [1.29, 1.82) is 0 Å². The van der Waals surface area contributed by atoms with Gasteiger partial charge in [-0.3, -0.25) is 4.79 Å². The number of nitrogens with one attached hydrogen (secondary N) is 2. The Labute approximate surface area is 265 Å². The highest BCUT2D eigenvalue weighted by Crippen LogP contribution is 2.43. The molecule has 12 heteroatoms. The van der Waals surface area contributed by atoms with Crippen LogP contribution in [0.25, 0.3) is 16.8 Å². The lowest BCUT2D eigenvalue weighted by Gasteiger charge is -2.25. The van der Waals surface area contributed by atoms with Crippen molar-refractivity contribution in [2.75, 3.05) is 26.6 Å². The first-order valence-corrected chi connectivity index (χ1v) is 14.4. The fourth-order valence-corrected chi connectivity index (χ4v) is 5.30. The molecule has 0 aliphatic heterocycles. The van der Waals surface area contributed by atoms with Crippen LogP contribution >= 0.6 is 0 Å². The summed E-state index contributed by atoms with van der Waals surface area (Å²) in [5.74, 6) is -0.293. The minimum absolute atomic E-state index is 0.114. The number of carbonyl (C=O) groups excluding carboxylic acids is 1. The van der Waals surface area contributed by atoms with Crippen molar-refractivity contribution in [3.63, 3.8) is 0 Å². The number of hydrogen-bond acceptors (Lipinski definition) is 8. The van der Waals surface area contributed by atoms with Crippen molar-refractivity contribution in [2.24, 2.45) is 0 Å². The minimum atomic E-state index is -1.12. The number of anilines is 2. The fraction of sp³-hybridized carbons (Fsp3) is 0.265. The van der Waals surface area contributed by atoms with Crippen molar-refractivity contribution >= 4 is 23.2 Å². The van der Waals surface area contributed by atoms with Gasteiger partial charge in [-0.25, -0.2) is 13.3 Å². The Morgan fingerprint density at radius 3 is 2.33 bits per heavy atom. The first kappa shape index (κ1) is 32.2. The van der Waals surface area contributed by atoms with Gasteiger partial charge in [0.15, 0.2) is 5.65 Å². The number of methoxy groups -OCH3 is 3. The lowest BCUT2D eigenvalue weighted by atomic mass is 9.92. The van der Waals surface area contributed by atoms with E-state index in [4.69, 9.17) is 14.2 Å². The van der Waals surface area contributed by atoms with Crippen LogP contribution in [0.4, 0.5) is 20.4 Å². The number of amides is 1. The van der Waals surface area contributed by atoms with Gasteiger partial charge in [0.1, 0.15) is 34.6 Å². The summed E-state index contributed by atoms with van der Waals surface area (Å²) >= 11 is 0. The lowest BCUT2D eigenvalue weighted by molar-refractivity contribution is 0.0773. The molecule has 0 aliphatic rings. The Morgan fingerprint density at radius 2 is 1.65 bits per heavy atom. The van der Waals surface area contributed by atoms with Crippen LogP contribution in [0, 0.1) is 25.5 Å². The molecular formula is C34H35F2N5O5. The minimum Gasteiger partial charge on any atom is -0.496 e. The van der Waals surface area contributed by atoms with Crippen molar-refractivity contribution in [3.8, 4) is 28.4 Å². The Hall–Kier alpha value is -5.23. The molecule has 0 saturated carbocycles. The maximum absolute atomic E-state index is 14.2. The predicted octanol–water partition coefficient (Wildman–Crippen LogP) is 6.22. The molecule has 46 heavy (non-hydrogen) atoms. The number of hydrogen-bond donors (Lipinski definition) is 3. The van der Waals surface area contributed by atoms with Gasteiger partial charge >= 0.3 is 0 Å².